The van der Waals surface area contributed by atoms with Gasteiger partial charge in [-0.1, -0.05) is 18.6 Å². The lowest BCUT2D eigenvalue weighted by Crippen LogP contribution is -2.53. The third-order valence-corrected chi connectivity index (χ3v) is 6.39. The van der Waals surface area contributed by atoms with E-state index in [0.717, 1.165) is 25.7 Å². The van der Waals surface area contributed by atoms with Crippen LogP contribution in [0.1, 0.15) is 42.6 Å². The fraction of sp³-hybridized carbons (Fsp3) is 0.474. The molecule has 0 aliphatic heterocycles. The highest BCUT2D eigenvalue weighted by Crippen LogP contribution is 2.39. The van der Waals surface area contributed by atoms with Crippen LogP contribution >= 0.6 is 11.3 Å². The maximum Gasteiger partial charge on any atom is 0.271 e. The van der Waals surface area contributed by atoms with E-state index in [1.807, 2.05) is 0 Å². The number of hydrogen-bond donors (Lipinski definition) is 2. The van der Waals surface area contributed by atoms with Gasteiger partial charge in [0.05, 0.1) is 0 Å². The van der Waals surface area contributed by atoms with E-state index >= 15 is 0 Å². The third-order valence-electron chi connectivity index (χ3n) is 5.52. The molecular weight excluding hydrogens is 337 g/mol. The van der Waals surface area contributed by atoms with E-state index in [0.29, 0.717) is 28.1 Å². The lowest BCUT2D eigenvalue weighted by atomic mass is 9.67. The molecule has 1 amide bonds. The molecule has 0 saturated heterocycles. The predicted octanol–water partition coefficient (Wildman–Crippen LogP) is 3.59. The van der Waals surface area contributed by atoms with Gasteiger partial charge in [0.15, 0.2) is 0 Å². The topological polar surface area (TPSA) is 68.0 Å². The van der Waals surface area contributed by atoms with Crippen molar-refractivity contribution in [2.45, 2.75) is 44.2 Å². The van der Waals surface area contributed by atoms with Crippen molar-refractivity contribution in [2.75, 3.05) is 0 Å². The Kier molecular flexibility index (Phi) is 4.56. The van der Waals surface area contributed by atoms with E-state index in [1.54, 1.807) is 23.6 Å². The van der Waals surface area contributed by atoms with E-state index < -0.39 is 0 Å². The largest absolute Gasteiger partial charge is 0.347 e. The summed E-state index contributed by atoms with van der Waals surface area (Å²) in [6, 6.07) is 6.96. The standard InChI is InChI=1S/C19H22FN3OS/c20-15-7-2-1-6-14(15)19-22-16(10-25-19)18(24)23-17-11-4-3-5-12(17)9-13(21)8-11/h1-2,6-7,10-13,17H,3-5,8-9,21H2,(H,23,24). The molecule has 2 unspecified atom stereocenters. The van der Waals surface area contributed by atoms with Crippen molar-refractivity contribution in [1.82, 2.24) is 10.3 Å². The molecule has 3 N–H and O–H groups in total. The number of carbonyl (C=O) groups is 1. The Morgan fingerprint density at radius 2 is 1.96 bits per heavy atom. The van der Waals surface area contributed by atoms with Crippen molar-refractivity contribution >= 4 is 17.2 Å². The van der Waals surface area contributed by atoms with Crippen molar-refractivity contribution < 1.29 is 9.18 Å². The Balaban J connectivity index is 1.50. The number of hydrogen-bond acceptors (Lipinski definition) is 4. The molecular formula is C19H22FN3OS. The van der Waals surface area contributed by atoms with Crippen LogP contribution in [0.4, 0.5) is 4.39 Å². The summed E-state index contributed by atoms with van der Waals surface area (Å²) >= 11 is 1.30. The monoisotopic (exact) mass is 359 g/mol. The second-order valence-electron chi connectivity index (χ2n) is 7.20. The Morgan fingerprint density at radius 1 is 1.24 bits per heavy atom. The van der Waals surface area contributed by atoms with Crippen LogP contribution in [-0.4, -0.2) is 23.0 Å². The molecule has 4 rings (SSSR count). The maximum atomic E-state index is 13.9. The molecule has 1 aromatic heterocycles. The fourth-order valence-corrected chi connectivity index (χ4v) is 5.21. The molecule has 2 atom stereocenters. The van der Waals surface area contributed by atoms with Gasteiger partial charge in [0.2, 0.25) is 0 Å². The van der Waals surface area contributed by atoms with Crippen molar-refractivity contribution in [2.24, 2.45) is 17.6 Å². The number of carbonyl (C=O) groups excluding carboxylic acids is 1. The van der Waals surface area contributed by atoms with Gasteiger partial charge in [0.1, 0.15) is 16.5 Å². The lowest BCUT2D eigenvalue weighted by molar-refractivity contribution is 0.0752. The van der Waals surface area contributed by atoms with Gasteiger partial charge in [-0.15, -0.1) is 11.3 Å². The number of amides is 1. The summed E-state index contributed by atoms with van der Waals surface area (Å²) in [5, 5.41) is 5.44. The molecule has 2 bridgehead atoms. The number of nitrogens with one attached hydrogen (secondary N) is 1. The van der Waals surface area contributed by atoms with E-state index in [1.165, 1.54) is 23.8 Å². The van der Waals surface area contributed by atoms with Crippen molar-refractivity contribution in [3.63, 3.8) is 0 Å². The highest BCUT2D eigenvalue weighted by molar-refractivity contribution is 7.13. The molecule has 0 radical (unpaired) electrons. The van der Waals surface area contributed by atoms with Gasteiger partial charge >= 0.3 is 0 Å². The quantitative estimate of drug-likeness (QED) is 0.880. The van der Waals surface area contributed by atoms with Crippen LogP contribution < -0.4 is 11.1 Å². The molecule has 2 aliphatic carbocycles. The first kappa shape index (κ1) is 16.7. The maximum absolute atomic E-state index is 13.9. The summed E-state index contributed by atoms with van der Waals surface area (Å²) < 4.78 is 13.9. The third kappa shape index (κ3) is 3.33. The molecule has 2 aliphatic rings. The molecule has 25 heavy (non-hydrogen) atoms. The molecule has 2 saturated carbocycles. The van der Waals surface area contributed by atoms with Crippen molar-refractivity contribution in [1.29, 1.82) is 0 Å². The zero-order chi connectivity index (χ0) is 17.4. The number of fused-ring (bicyclic) bond motifs is 2. The van der Waals surface area contributed by atoms with Crippen LogP contribution in [0.3, 0.4) is 0 Å². The van der Waals surface area contributed by atoms with Crippen LogP contribution in [-0.2, 0) is 0 Å². The van der Waals surface area contributed by atoms with Crippen LogP contribution in [0.5, 0.6) is 0 Å². The Bertz CT molecular complexity index is 764. The molecule has 6 heteroatoms. The summed E-state index contributed by atoms with van der Waals surface area (Å²) in [7, 11) is 0. The Hall–Kier alpha value is -1.79. The fourth-order valence-electron chi connectivity index (χ4n) is 4.39. The van der Waals surface area contributed by atoms with Gasteiger partial charge in [-0.3, -0.25) is 4.79 Å². The van der Waals surface area contributed by atoms with Gasteiger partial charge in [-0.2, -0.15) is 0 Å². The van der Waals surface area contributed by atoms with Crippen LogP contribution in [0.25, 0.3) is 10.6 Å². The Morgan fingerprint density at radius 3 is 2.68 bits per heavy atom. The SMILES string of the molecule is NC1CC2CCCC(C1)C2NC(=O)c1csc(-c2ccccc2F)n1. The Labute approximate surface area is 150 Å². The lowest BCUT2D eigenvalue weighted by Gasteiger charge is -2.45. The van der Waals surface area contributed by atoms with E-state index in [2.05, 4.69) is 10.3 Å². The summed E-state index contributed by atoms with van der Waals surface area (Å²) in [5.41, 5.74) is 6.96. The highest BCUT2D eigenvalue weighted by Gasteiger charge is 2.40. The molecule has 2 fully saturated rings. The van der Waals surface area contributed by atoms with Crippen molar-refractivity contribution in [3.05, 3.63) is 41.2 Å². The second kappa shape index (κ2) is 6.84. The minimum atomic E-state index is -0.320. The van der Waals surface area contributed by atoms with Crippen molar-refractivity contribution in [3.8, 4) is 10.6 Å². The molecule has 132 valence electrons. The number of thiazole rings is 1. The van der Waals surface area contributed by atoms with Gasteiger partial charge in [0, 0.05) is 23.0 Å². The number of rotatable bonds is 3. The summed E-state index contributed by atoms with van der Waals surface area (Å²) in [5.74, 6) is 0.461. The first-order valence-electron chi connectivity index (χ1n) is 8.88. The minimum absolute atomic E-state index is 0.156. The van der Waals surface area contributed by atoms with Gasteiger partial charge in [0.25, 0.3) is 5.91 Å². The highest BCUT2D eigenvalue weighted by atomic mass is 32.1. The summed E-state index contributed by atoms with van der Waals surface area (Å²) in [4.78, 5) is 17.0. The van der Waals surface area contributed by atoms with Gasteiger partial charge in [-0.25, -0.2) is 9.37 Å². The van der Waals surface area contributed by atoms with E-state index in [4.69, 9.17) is 5.73 Å². The first-order valence-corrected chi connectivity index (χ1v) is 9.76. The van der Waals surface area contributed by atoms with Crippen LogP contribution in [0.15, 0.2) is 29.6 Å². The smallest absolute Gasteiger partial charge is 0.271 e. The van der Waals surface area contributed by atoms with Crippen LogP contribution in [0, 0.1) is 17.7 Å². The average Bonchev–Trinajstić information content (AvgIpc) is 3.06. The molecule has 4 nitrogen and oxygen atoms in total. The predicted molar refractivity (Wildman–Crippen MR) is 96.8 cm³/mol. The zero-order valence-electron chi connectivity index (χ0n) is 14.0. The minimum Gasteiger partial charge on any atom is -0.347 e. The first-order chi connectivity index (χ1) is 12.1. The number of nitrogens with two attached hydrogens (primary N) is 1. The summed E-state index contributed by atoms with van der Waals surface area (Å²) in [6.07, 6.45) is 5.46. The molecule has 1 heterocycles. The summed E-state index contributed by atoms with van der Waals surface area (Å²) in [6.45, 7) is 0. The van der Waals surface area contributed by atoms with E-state index in [9.17, 15) is 9.18 Å². The number of nitrogens with zero attached hydrogens (tertiary/aromatic N) is 1. The zero-order valence-corrected chi connectivity index (χ0v) is 14.8. The average molecular weight is 359 g/mol. The number of benzene rings is 1. The number of aromatic nitrogens is 1. The second-order valence-corrected chi connectivity index (χ2v) is 8.06. The molecule has 2 aromatic rings. The van der Waals surface area contributed by atoms with Crippen LogP contribution in [0.2, 0.25) is 0 Å². The van der Waals surface area contributed by atoms with E-state index in [-0.39, 0.29) is 23.8 Å². The number of halogens is 1. The normalized spacial score (nSPS) is 28.6. The van der Waals surface area contributed by atoms with Gasteiger partial charge in [-0.05, 0) is 49.7 Å². The molecule has 0 spiro atoms. The van der Waals surface area contributed by atoms with Gasteiger partial charge < -0.3 is 11.1 Å². The molecule has 1 aromatic carbocycles.